The average Bonchev–Trinajstić information content (AvgIpc) is 1.96. The zero-order chi connectivity index (χ0) is 7.07. The summed E-state index contributed by atoms with van der Waals surface area (Å²) >= 11 is 0. The summed E-state index contributed by atoms with van der Waals surface area (Å²) in [6.45, 7) is -0.550. The van der Waals surface area contributed by atoms with Crippen LogP contribution in [0.2, 0.25) is 0 Å². The van der Waals surface area contributed by atoms with Crippen LogP contribution in [0.5, 0.6) is 0 Å². The van der Waals surface area contributed by atoms with E-state index in [1.807, 2.05) is 0 Å². The van der Waals surface area contributed by atoms with Crippen LogP contribution in [0.15, 0.2) is 0 Å². The van der Waals surface area contributed by atoms with Crippen LogP contribution in [-0.4, -0.2) is 34.4 Å². The second kappa shape index (κ2) is 1.52. The van der Waals surface area contributed by atoms with E-state index in [0.717, 1.165) is 0 Å². The highest BCUT2D eigenvalue weighted by Gasteiger charge is 2.49. The summed E-state index contributed by atoms with van der Waals surface area (Å²) in [4.78, 5) is 20.4. The lowest BCUT2D eigenvalue weighted by atomic mass is 10.2. The maximum atomic E-state index is 10.3. The number of rotatable bonds is 0. The number of hydrogen-bond acceptors (Lipinski definition) is 5. The third kappa shape index (κ3) is 0.701. The maximum absolute atomic E-state index is 10.3. The zero-order valence-corrected chi connectivity index (χ0v) is 4.33. The lowest BCUT2D eigenvalue weighted by Gasteiger charge is -2.03. The van der Waals surface area contributed by atoms with E-state index in [2.05, 4.69) is 4.74 Å². The fourth-order valence-electron chi connectivity index (χ4n) is 0.446. The van der Waals surface area contributed by atoms with E-state index in [0.29, 0.717) is 0 Å². The molecule has 1 rings (SSSR count). The second-order valence-corrected chi connectivity index (χ2v) is 1.67. The third-order valence-electron chi connectivity index (χ3n) is 1.01. The largest absolute Gasteiger partial charge is 0.453 e. The minimum absolute atomic E-state index is 0.550. The van der Waals surface area contributed by atoms with E-state index < -0.39 is 24.1 Å². The van der Waals surface area contributed by atoms with Gasteiger partial charge in [-0.3, -0.25) is 4.79 Å². The van der Waals surface area contributed by atoms with Gasteiger partial charge in [0.1, 0.15) is 0 Å². The monoisotopic (exact) mass is 132 g/mol. The highest BCUT2D eigenvalue weighted by molar-refractivity contribution is 6.09. The number of aliphatic hydroxyl groups is 2. The summed E-state index contributed by atoms with van der Waals surface area (Å²) in [6, 6.07) is 0. The van der Waals surface area contributed by atoms with Crippen molar-refractivity contribution in [1.82, 2.24) is 0 Å². The first kappa shape index (κ1) is 6.18. The Morgan fingerprint density at radius 1 is 1.44 bits per heavy atom. The van der Waals surface area contributed by atoms with Gasteiger partial charge in [0, 0.05) is 0 Å². The van der Waals surface area contributed by atoms with Gasteiger partial charge in [-0.2, -0.15) is 0 Å². The molecule has 1 fully saturated rings. The van der Waals surface area contributed by atoms with Crippen molar-refractivity contribution in [3.63, 3.8) is 0 Å². The molecule has 0 atom stereocenters. The highest BCUT2D eigenvalue weighted by Crippen LogP contribution is 2.11. The van der Waals surface area contributed by atoms with E-state index in [4.69, 9.17) is 10.2 Å². The molecule has 0 aromatic heterocycles. The molecule has 0 spiro atoms. The van der Waals surface area contributed by atoms with E-state index in [9.17, 15) is 9.59 Å². The first-order chi connectivity index (χ1) is 4.05. The Morgan fingerprint density at radius 2 is 2.00 bits per heavy atom. The minimum Gasteiger partial charge on any atom is -0.453 e. The summed E-state index contributed by atoms with van der Waals surface area (Å²) in [5.74, 6) is -5.21. The number of ether oxygens (including phenoxy) is 1. The number of ketones is 1. The molecule has 1 aliphatic heterocycles. The van der Waals surface area contributed by atoms with Crippen LogP contribution in [0.25, 0.3) is 0 Å². The predicted molar refractivity (Wildman–Crippen MR) is 23.1 cm³/mol. The Labute approximate surface area is 49.9 Å². The first-order valence-electron chi connectivity index (χ1n) is 2.20. The van der Waals surface area contributed by atoms with Gasteiger partial charge in [-0.05, 0) is 0 Å². The van der Waals surface area contributed by atoms with Crippen molar-refractivity contribution in [3.05, 3.63) is 0 Å². The van der Waals surface area contributed by atoms with E-state index in [1.54, 1.807) is 0 Å². The molecular formula is C4H4O5. The molecular weight excluding hydrogens is 128 g/mol. The lowest BCUT2D eigenvalue weighted by Crippen LogP contribution is -2.40. The van der Waals surface area contributed by atoms with Crippen LogP contribution in [0.3, 0.4) is 0 Å². The maximum Gasteiger partial charge on any atom is 0.375 e. The zero-order valence-electron chi connectivity index (χ0n) is 4.33. The van der Waals surface area contributed by atoms with Crippen LogP contribution in [0.1, 0.15) is 0 Å². The highest BCUT2D eigenvalue weighted by atomic mass is 16.6. The Morgan fingerprint density at radius 3 is 2.11 bits per heavy atom. The van der Waals surface area contributed by atoms with Gasteiger partial charge in [-0.25, -0.2) is 4.79 Å². The van der Waals surface area contributed by atoms with Crippen LogP contribution in [0, 0.1) is 0 Å². The van der Waals surface area contributed by atoms with Crippen LogP contribution < -0.4 is 0 Å². The molecule has 5 heteroatoms. The molecule has 2 N–H and O–H groups in total. The fourth-order valence-corrected chi connectivity index (χ4v) is 0.446. The van der Waals surface area contributed by atoms with Crippen LogP contribution in [0.4, 0.5) is 0 Å². The van der Waals surface area contributed by atoms with Gasteiger partial charge in [-0.15, -0.1) is 0 Å². The quantitative estimate of drug-likeness (QED) is 0.222. The van der Waals surface area contributed by atoms with Gasteiger partial charge in [0.2, 0.25) is 5.78 Å². The SMILES string of the molecule is O=C1COC(=O)C1(O)O. The standard InChI is InChI=1S/C4H4O5/c5-2-1-9-3(6)4(2,7)8/h7-8H,1H2. The number of esters is 1. The van der Waals surface area contributed by atoms with Gasteiger partial charge in [0.25, 0.3) is 0 Å². The van der Waals surface area contributed by atoms with Crippen molar-refractivity contribution in [2.45, 2.75) is 5.79 Å². The molecule has 0 unspecified atom stereocenters. The summed E-state index contributed by atoms with van der Waals surface area (Å²) in [6.07, 6.45) is 0. The van der Waals surface area contributed by atoms with Crippen LogP contribution >= 0.6 is 0 Å². The van der Waals surface area contributed by atoms with Crippen molar-refractivity contribution >= 4 is 11.8 Å². The molecule has 5 nitrogen and oxygen atoms in total. The number of Topliss-reactive ketones (excluding diaryl/α,β-unsaturated/α-hetero) is 1. The number of hydrogen-bond donors (Lipinski definition) is 2. The number of cyclic esters (lactones) is 1. The van der Waals surface area contributed by atoms with E-state index >= 15 is 0 Å². The van der Waals surface area contributed by atoms with Gasteiger partial charge in [0.05, 0.1) is 0 Å². The summed E-state index contributed by atoms with van der Waals surface area (Å²) in [5.41, 5.74) is 0. The molecule has 0 amide bonds. The Balaban J connectivity index is 2.91. The summed E-state index contributed by atoms with van der Waals surface area (Å²) < 4.78 is 3.99. The van der Waals surface area contributed by atoms with Crippen molar-refractivity contribution in [2.24, 2.45) is 0 Å². The van der Waals surface area contributed by atoms with Gasteiger partial charge >= 0.3 is 11.8 Å². The second-order valence-electron chi connectivity index (χ2n) is 1.67. The fraction of sp³-hybridized carbons (Fsp3) is 0.500. The van der Waals surface area contributed by atoms with Gasteiger partial charge in [0.15, 0.2) is 6.61 Å². The molecule has 0 radical (unpaired) electrons. The lowest BCUT2D eigenvalue weighted by molar-refractivity contribution is -0.190. The molecule has 9 heavy (non-hydrogen) atoms. The molecule has 1 heterocycles. The third-order valence-corrected chi connectivity index (χ3v) is 1.01. The topological polar surface area (TPSA) is 83.8 Å². The molecule has 50 valence electrons. The Bertz CT molecular complexity index is 152. The Hall–Kier alpha value is -0.940. The number of carbonyl (C=O) groups is 2. The minimum atomic E-state index is -2.89. The smallest absolute Gasteiger partial charge is 0.375 e. The van der Waals surface area contributed by atoms with Crippen molar-refractivity contribution in [1.29, 1.82) is 0 Å². The van der Waals surface area contributed by atoms with E-state index in [1.165, 1.54) is 0 Å². The summed E-state index contributed by atoms with van der Waals surface area (Å²) in [5, 5.41) is 16.9. The average molecular weight is 132 g/mol. The number of carbonyl (C=O) groups excluding carboxylic acids is 2. The molecule has 1 aliphatic rings. The summed E-state index contributed by atoms with van der Waals surface area (Å²) in [7, 11) is 0. The Kier molecular flexibility index (Phi) is 1.04. The van der Waals surface area contributed by atoms with Gasteiger partial charge in [-0.1, -0.05) is 0 Å². The molecule has 0 aromatic rings. The molecule has 0 aromatic carbocycles. The van der Waals surface area contributed by atoms with Crippen LogP contribution in [-0.2, 0) is 14.3 Å². The molecule has 0 saturated carbocycles. The molecule has 0 bridgehead atoms. The van der Waals surface area contributed by atoms with Crippen molar-refractivity contribution in [2.75, 3.05) is 6.61 Å². The van der Waals surface area contributed by atoms with Crippen molar-refractivity contribution < 1.29 is 24.5 Å². The normalized spacial score (nSPS) is 24.2. The predicted octanol–water partition coefficient (Wildman–Crippen LogP) is -2.21. The van der Waals surface area contributed by atoms with E-state index in [-0.39, 0.29) is 0 Å². The first-order valence-corrected chi connectivity index (χ1v) is 2.20. The molecule has 1 saturated heterocycles. The van der Waals surface area contributed by atoms with Gasteiger partial charge < -0.3 is 14.9 Å². The van der Waals surface area contributed by atoms with Crippen molar-refractivity contribution in [3.8, 4) is 0 Å². The molecule has 0 aliphatic carbocycles.